The van der Waals surface area contributed by atoms with Crippen LogP contribution in [0.3, 0.4) is 0 Å². The Labute approximate surface area is 202 Å². The van der Waals surface area contributed by atoms with Gasteiger partial charge in [0.25, 0.3) is 11.8 Å². The fourth-order valence-electron chi connectivity index (χ4n) is 3.82. The largest absolute Gasteiger partial charge is 0.495 e. The van der Waals surface area contributed by atoms with E-state index in [-0.39, 0.29) is 17.7 Å². The Morgan fingerprint density at radius 1 is 1.15 bits per heavy atom. The molecule has 1 aliphatic rings. The number of halogens is 1. The minimum atomic E-state index is -0.577. The van der Waals surface area contributed by atoms with Crippen molar-refractivity contribution in [3.63, 3.8) is 0 Å². The van der Waals surface area contributed by atoms with E-state index in [0.717, 1.165) is 16.2 Å². The maximum absolute atomic E-state index is 13.1. The van der Waals surface area contributed by atoms with Crippen LogP contribution in [0.15, 0.2) is 71.4 Å². The summed E-state index contributed by atoms with van der Waals surface area (Å²) < 4.78 is 6.97. The number of likely N-dealkylation sites (N-methyl/N-ethyl adjacent to an activating group) is 1. The fourth-order valence-corrected chi connectivity index (χ4v) is 4.07. The number of nitriles is 1. The Morgan fingerprint density at radius 2 is 1.88 bits per heavy atom. The van der Waals surface area contributed by atoms with Crippen LogP contribution in [0.2, 0.25) is 5.02 Å². The third-order valence-electron chi connectivity index (χ3n) is 5.63. The highest BCUT2D eigenvalue weighted by Gasteiger charge is 2.34. The maximum atomic E-state index is 13.1. The number of methoxy groups -OCH3 is 1. The summed E-state index contributed by atoms with van der Waals surface area (Å²) in [4.78, 5) is 26.7. The second-order valence-electron chi connectivity index (χ2n) is 7.59. The SMILES string of the molecule is CCN1C(=O)C(C#N)=C(C)/C(=C\c2cn(-c3ccccc3)nc2-c2ccc(OC)c(Cl)c2)C1=O. The number of ether oxygens (including phenoxy) is 1. The van der Waals surface area contributed by atoms with Crippen molar-refractivity contribution < 1.29 is 14.3 Å². The van der Waals surface area contributed by atoms with Crippen molar-refractivity contribution in [2.24, 2.45) is 0 Å². The van der Waals surface area contributed by atoms with Crippen molar-refractivity contribution in [3.8, 4) is 28.8 Å². The lowest BCUT2D eigenvalue weighted by Gasteiger charge is -2.26. The summed E-state index contributed by atoms with van der Waals surface area (Å²) in [7, 11) is 1.54. The van der Waals surface area contributed by atoms with E-state index in [9.17, 15) is 14.9 Å². The zero-order valence-electron chi connectivity index (χ0n) is 18.9. The summed E-state index contributed by atoms with van der Waals surface area (Å²) in [5.41, 5.74) is 3.34. The van der Waals surface area contributed by atoms with Gasteiger partial charge in [0.2, 0.25) is 0 Å². The maximum Gasteiger partial charge on any atom is 0.271 e. The van der Waals surface area contributed by atoms with Gasteiger partial charge < -0.3 is 4.74 Å². The first-order valence-electron chi connectivity index (χ1n) is 10.6. The fraction of sp³-hybridized carbons (Fsp3) is 0.154. The molecule has 0 aliphatic carbocycles. The number of carbonyl (C=O) groups is 2. The highest BCUT2D eigenvalue weighted by Crippen LogP contribution is 2.34. The zero-order valence-corrected chi connectivity index (χ0v) is 19.6. The van der Waals surface area contributed by atoms with Gasteiger partial charge >= 0.3 is 0 Å². The predicted molar refractivity (Wildman–Crippen MR) is 129 cm³/mol. The van der Waals surface area contributed by atoms with Crippen molar-refractivity contribution >= 4 is 29.5 Å². The van der Waals surface area contributed by atoms with Gasteiger partial charge in [-0.15, -0.1) is 0 Å². The lowest BCUT2D eigenvalue weighted by molar-refractivity contribution is -0.140. The van der Waals surface area contributed by atoms with E-state index in [1.54, 1.807) is 42.9 Å². The van der Waals surface area contributed by atoms with E-state index in [1.165, 1.54) is 7.11 Å². The van der Waals surface area contributed by atoms with Gasteiger partial charge in [-0.3, -0.25) is 14.5 Å². The molecule has 2 amide bonds. The van der Waals surface area contributed by atoms with Crippen LogP contribution in [0, 0.1) is 11.3 Å². The molecule has 0 atom stereocenters. The van der Waals surface area contributed by atoms with Crippen LogP contribution in [0.1, 0.15) is 19.4 Å². The number of nitrogens with zero attached hydrogens (tertiary/aromatic N) is 4. The van der Waals surface area contributed by atoms with E-state index in [0.29, 0.717) is 27.6 Å². The lowest BCUT2D eigenvalue weighted by Crippen LogP contribution is -2.42. The van der Waals surface area contributed by atoms with E-state index in [1.807, 2.05) is 42.5 Å². The smallest absolute Gasteiger partial charge is 0.271 e. The quantitative estimate of drug-likeness (QED) is 0.392. The first kappa shape index (κ1) is 23.0. The van der Waals surface area contributed by atoms with Gasteiger partial charge in [0, 0.05) is 29.4 Å². The molecule has 0 radical (unpaired) electrons. The molecule has 4 rings (SSSR count). The van der Waals surface area contributed by atoms with E-state index in [2.05, 4.69) is 0 Å². The molecule has 0 N–H and O–H groups in total. The standard InChI is InChI=1S/C26H21ClN4O3/c1-4-30-25(32)20(16(2)21(14-28)26(30)33)12-18-15-31(19-8-6-5-7-9-19)29-24(18)17-10-11-23(34-3)22(27)13-17/h5-13,15H,4H2,1-3H3/b20-12+. The molecule has 34 heavy (non-hydrogen) atoms. The monoisotopic (exact) mass is 472 g/mol. The molecule has 8 heteroatoms. The Hall–Kier alpha value is -4.15. The zero-order chi connectivity index (χ0) is 24.4. The molecule has 170 valence electrons. The van der Waals surface area contributed by atoms with Gasteiger partial charge in [0.1, 0.15) is 23.1 Å². The molecule has 1 aromatic heterocycles. The first-order valence-corrected chi connectivity index (χ1v) is 11.0. The van der Waals surface area contributed by atoms with Gasteiger partial charge in [-0.1, -0.05) is 29.8 Å². The molecule has 2 aromatic carbocycles. The summed E-state index contributed by atoms with van der Waals surface area (Å²) in [6.45, 7) is 3.47. The molecule has 0 bridgehead atoms. The van der Waals surface area contributed by atoms with Crippen molar-refractivity contribution in [1.29, 1.82) is 5.26 Å². The van der Waals surface area contributed by atoms with Crippen LogP contribution >= 0.6 is 11.6 Å². The Kier molecular flexibility index (Phi) is 6.35. The summed E-state index contributed by atoms with van der Waals surface area (Å²) in [5.74, 6) is -0.494. The Balaban J connectivity index is 1.94. The number of amides is 2. The van der Waals surface area contributed by atoms with Gasteiger partial charge in [-0.05, 0) is 55.8 Å². The second kappa shape index (κ2) is 9.38. The van der Waals surface area contributed by atoms with Crippen molar-refractivity contribution in [3.05, 3.63) is 82.0 Å². The second-order valence-corrected chi connectivity index (χ2v) is 7.99. The summed E-state index contributed by atoms with van der Waals surface area (Å²) in [6, 6.07) is 16.8. The van der Waals surface area contributed by atoms with Crippen LogP contribution in [0.25, 0.3) is 23.0 Å². The Bertz CT molecular complexity index is 1400. The highest BCUT2D eigenvalue weighted by atomic mass is 35.5. The molecule has 3 aromatic rings. The molecule has 0 unspecified atom stereocenters. The van der Waals surface area contributed by atoms with Crippen LogP contribution in [-0.2, 0) is 9.59 Å². The third-order valence-corrected chi connectivity index (χ3v) is 5.93. The number of hydrogen-bond donors (Lipinski definition) is 0. The van der Waals surface area contributed by atoms with Gasteiger partial charge in [-0.2, -0.15) is 10.4 Å². The summed E-state index contributed by atoms with van der Waals surface area (Å²) >= 11 is 6.37. The number of benzene rings is 2. The predicted octanol–water partition coefficient (Wildman–Crippen LogP) is 4.81. The molecule has 0 saturated heterocycles. The normalized spacial score (nSPS) is 15.1. The highest BCUT2D eigenvalue weighted by molar-refractivity contribution is 6.32. The first-order chi connectivity index (χ1) is 16.4. The molecule has 0 saturated carbocycles. The summed E-state index contributed by atoms with van der Waals surface area (Å²) in [6.07, 6.45) is 3.47. The van der Waals surface area contributed by atoms with E-state index < -0.39 is 11.8 Å². The van der Waals surface area contributed by atoms with Crippen molar-refractivity contribution in [2.75, 3.05) is 13.7 Å². The van der Waals surface area contributed by atoms with Gasteiger partial charge in [-0.25, -0.2) is 4.68 Å². The van der Waals surface area contributed by atoms with Gasteiger partial charge in [0.15, 0.2) is 0 Å². The average Bonchev–Trinajstić information content (AvgIpc) is 3.27. The molecule has 2 heterocycles. The molecular weight excluding hydrogens is 452 g/mol. The topological polar surface area (TPSA) is 88.2 Å². The average molecular weight is 473 g/mol. The number of carbonyl (C=O) groups excluding carboxylic acids is 2. The van der Waals surface area contributed by atoms with Crippen LogP contribution < -0.4 is 4.74 Å². The molecular formula is C26H21ClN4O3. The summed E-state index contributed by atoms with van der Waals surface area (Å²) in [5, 5.41) is 14.7. The number of hydrogen-bond acceptors (Lipinski definition) is 5. The van der Waals surface area contributed by atoms with Gasteiger partial charge in [0.05, 0.1) is 17.8 Å². The Morgan fingerprint density at radius 3 is 2.50 bits per heavy atom. The molecule has 0 fully saturated rings. The molecule has 7 nitrogen and oxygen atoms in total. The number of aromatic nitrogens is 2. The van der Waals surface area contributed by atoms with Crippen LogP contribution in [-0.4, -0.2) is 40.1 Å². The van der Waals surface area contributed by atoms with E-state index >= 15 is 0 Å². The van der Waals surface area contributed by atoms with Crippen molar-refractivity contribution in [2.45, 2.75) is 13.8 Å². The number of rotatable bonds is 5. The minimum Gasteiger partial charge on any atom is -0.495 e. The van der Waals surface area contributed by atoms with Crippen LogP contribution in [0.5, 0.6) is 5.75 Å². The molecule has 0 spiro atoms. The van der Waals surface area contributed by atoms with Crippen molar-refractivity contribution in [1.82, 2.24) is 14.7 Å². The van der Waals surface area contributed by atoms with E-state index in [4.69, 9.17) is 21.4 Å². The number of para-hydroxylation sites is 1. The third kappa shape index (κ3) is 4.00. The van der Waals surface area contributed by atoms with Crippen LogP contribution in [0.4, 0.5) is 0 Å². The number of imide groups is 1. The molecule has 1 aliphatic heterocycles. The lowest BCUT2D eigenvalue weighted by atomic mass is 9.93. The minimum absolute atomic E-state index is 0.0443.